The predicted octanol–water partition coefficient (Wildman–Crippen LogP) is 2.06. The highest BCUT2D eigenvalue weighted by Gasteiger charge is 2.20. The van der Waals surface area contributed by atoms with Gasteiger partial charge >= 0.3 is 0 Å². The lowest BCUT2D eigenvalue weighted by Crippen LogP contribution is -2.22. The molecule has 0 aromatic carbocycles. The van der Waals surface area contributed by atoms with Crippen LogP contribution in [0.3, 0.4) is 0 Å². The van der Waals surface area contributed by atoms with Crippen LogP contribution in [0.1, 0.15) is 17.1 Å². The van der Waals surface area contributed by atoms with E-state index in [9.17, 15) is 0 Å². The zero-order valence-corrected chi connectivity index (χ0v) is 10.8. The van der Waals surface area contributed by atoms with E-state index in [0.717, 1.165) is 5.16 Å². The molecule has 0 saturated heterocycles. The van der Waals surface area contributed by atoms with Crippen molar-refractivity contribution >= 4 is 23.1 Å². The first-order valence-corrected chi connectivity index (χ1v) is 6.74. The first-order valence-electron chi connectivity index (χ1n) is 4.98. The third-order valence-corrected chi connectivity index (χ3v) is 4.83. The molecule has 2 aromatic rings. The van der Waals surface area contributed by atoms with Gasteiger partial charge in [0.25, 0.3) is 0 Å². The Morgan fingerprint density at radius 1 is 1.56 bits per heavy atom. The van der Waals surface area contributed by atoms with E-state index in [-0.39, 0.29) is 11.3 Å². The van der Waals surface area contributed by atoms with Crippen LogP contribution in [0, 0.1) is 0 Å². The zero-order chi connectivity index (χ0) is 11.5. The highest BCUT2D eigenvalue weighted by atomic mass is 32.2. The van der Waals surface area contributed by atoms with Crippen molar-refractivity contribution in [2.45, 2.75) is 23.4 Å². The molecular formula is C10H14N4S2. The fourth-order valence-corrected chi connectivity index (χ4v) is 3.46. The highest BCUT2D eigenvalue weighted by Crippen LogP contribution is 2.37. The molecule has 6 heteroatoms. The van der Waals surface area contributed by atoms with Crippen molar-refractivity contribution in [3.05, 3.63) is 28.7 Å². The minimum absolute atomic E-state index is 0.0837. The van der Waals surface area contributed by atoms with Gasteiger partial charge < -0.3 is 5.73 Å². The zero-order valence-electron chi connectivity index (χ0n) is 9.20. The van der Waals surface area contributed by atoms with E-state index < -0.39 is 0 Å². The number of thiophene rings is 1. The molecule has 16 heavy (non-hydrogen) atoms. The average Bonchev–Trinajstić information content (AvgIpc) is 2.85. The van der Waals surface area contributed by atoms with Crippen molar-refractivity contribution in [2.75, 3.05) is 0 Å². The number of hydrogen-bond acceptors (Lipinski definition) is 5. The summed E-state index contributed by atoms with van der Waals surface area (Å²) in [6, 6.07) is 4.25. The maximum Gasteiger partial charge on any atom is 0.186 e. The molecule has 0 amide bonds. The lowest BCUT2D eigenvalue weighted by Gasteiger charge is -2.17. The number of thioether (sulfide) groups is 1. The van der Waals surface area contributed by atoms with E-state index in [1.807, 2.05) is 20.0 Å². The molecule has 86 valence electrons. The number of aromatic nitrogens is 3. The van der Waals surface area contributed by atoms with Crippen LogP contribution in [0.4, 0.5) is 0 Å². The molecule has 0 saturated carbocycles. The Kier molecular flexibility index (Phi) is 3.63. The molecule has 2 atom stereocenters. The van der Waals surface area contributed by atoms with Gasteiger partial charge in [-0.2, -0.15) is 5.10 Å². The summed E-state index contributed by atoms with van der Waals surface area (Å²) in [6.07, 6.45) is 1.56. The molecule has 2 rings (SSSR count). The van der Waals surface area contributed by atoms with E-state index >= 15 is 0 Å². The van der Waals surface area contributed by atoms with Crippen molar-refractivity contribution in [3.63, 3.8) is 0 Å². The topological polar surface area (TPSA) is 56.7 Å². The molecule has 4 nitrogen and oxygen atoms in total. The summed E-state index contributed by atoms with van der Waals surface area (Å²) in [6.45, 7) is 2.02. The second kappa shape index (κ2) is 4.99. The van der Waals surface area contributed by atoms with Gasteiger partial charge in [-0.25, -0.2) is 9.67 Å². The van der Waals surface area contributed by atoms with Gasteiger partial charge in [-0.1, -0.05) is 17.8 Å². The lowest BCUT2D eigenvalue weighted by atomic mass is 10.2. The second-order valence-corrected chi connectivity index (χ2v) is 5.67. The monoisotopic (exact) mass is 254 g/mol. The van der Waals surface area contributed by atoms with Crippen molar-refractivity contribution in [3.8, 4) is 0 Å². The van der Waals surface area contributed by atoms with Gasteiger partial charge in [0.05, 0.1) is 5.25 Å². The van der Waals surface area contributed by atoms with Gasteiger partial charge in [0.15, 0.2) is 5.16 Å². The Balaban J connectivity index is 2.19. The van der Waals surface area contributed by atoms with E-state index in [4.69, 9.17) is 5.73 Å². The van der Waals surface area contributed by atoms with Crippen molar-refractivity contribution in [2.24, 2.45) is 12.8 Å². The van der Waals surface area contributed by atoms with Crippen LogP contribution < -0.4 is 5.73 Å². The van der Waals surface area contributed by atoms with Crippen molar-refractivity contribution < 1.29 is 0 Å². The maximum atomic E-state index is 6.02. The highest BCUT2D eigenvalue weighted by molar-refractivity contribution is 7.99. The Bertz CT molecular complexity index is 435. The van der Waals surface area contributed by atoms with Gasteiger partial charge in [0.1, 0.15) is 6.33 Å². The molecule has 0 aliphatic heterocycles. The molecule has 0 aliphatic rings. The van der Waals surface area contributed by atoms with E-state index in [1.165, 1.54) is 4.88 Å². The van der Waals surface area contributed by atoms with Crippen LogP contribution in [-0.4, -0.2) is 20.8 Å². The van der Waals surface area contributed by atoms with Crippen LogP contribution >= 0.6 is 23.1 Å². The summed E-state index contributed by atoms with van der Waals surface area (Å²) in [5, 5.41) is 7.27. The van der Waals surface area contributed by atoms with Gasteiger partial charge in [-0.15, -0.1) is 11.3 Å². The fraction of sp³-hybridized carbons (Fsp3) is 0.400. The number of rotatable bonds is 4. The van der Waals surface area contributed by atoms with E-state index in [1.54, 1.807) is 34.1 Å². The summed E-state index contributed by atoms with van der Waals surface area (Å²) in [5.41, 5.74) is 6.02. The second-order valence-electron chi connectivity index (χ2n) is 3.58. The number of hydrogen-bond donors (Lipinski definition) is 1. The van der Waals surface area contributed by atoms with Crippen molar-refractivity contribution in [1.82, 2.24) is 14.8 Å². The predicted molar refractivity (Wildman–Crippen MR) is 67.6 cm³/mol. The van der Waals surface area contributed by atoms with Crippen LogP contribution in [-0.2, 0) is 7.05 Å². The quantitative estimate of drug-likeness (QED) is 0.849. The van der Waals surface area contributed by atoms with Gasteiger partial charge in [0.2, 0.25) is 0 Å². The molecule has 0 radical (unpaired) electrons. The Hall–Kier alpha value is -0.850. The van der Waals surface area contributed by atoms with E-state index in [0.29, 0.717) is 0 Å². The van der Waals surface area contributed by atoms with Crippen LogP contribution in [0.5, 0.6) is 0 Å². The third kappa shape index (κ3) is 2.45. The number of nitrogens with two attached hydrogens (primary N) is 1. The Labute approximate surface area is 103 Å². The fourth-order valence-electron chi connectivity index (χ4n) is 1.38. The maximum absolute atomic E-state index is 6.02. The van der Waals surface area contributed by atoms with Crippen LogP contribution in [0.25, 0.3) is 0 Å². The smallest absolute Gasteiger partial charge is 0.186 e. The molecular weight excluding hydrogens is 240 g/mol. The van der Waals surface area contributed by atoms with Crippen LogP contribution in [0.2, 0.25) is 0 Å². The Morgan fingerprint density at radius 3 is 2.88 bits per heavy atom. The molecule has 2 heterocycles. The summed E-state index contributed by atoms with van der Waals surface area (Å²) >= 11 is 3.39. The summed E-state index contributed by atoms with van der Waals surface area (Å²) < 4.78 is 1.77. The van der Waals surface area contributed by atoms with Gasteiger partial charge in [0, 0.05) is 18.0 Å². The molecule has 0 spiro atoms. The molecule has 0 fully saturated rings. The van der Waals surface area contributed by atoms with E-state index in [2.05, 4.69) is 21.5 Å². The SMILES string of the molecule is CC(N)C(Sc1ncnn1C)c1cccs1. The molecule has 2 unspecified atom stereocenters. The molecule has 2 aromatic heterocycles. The first-order chi connectivity index (χ1) is 7.68. The normalized spacial score (nSPS) is 14.9. The molecule has 0 bridgehead atoms. The third-order valence-electron chi connectivity index (χ3n) is 2.20. The van der Waals surface area contributed by atoms with Crippen molar-refractivity contribution in [1.29, 1.82) is 0 Å². The van der Waals surface area contributed by atoms with Gasteiger partial charge in [-0.3, -0.25) is 0 Å². The summed E-state index contributed by atoms with van der Waals surface area (Å²) in [5.74, 6) is 0. The lowest BCUT2D eigenvalue weighted by molar-refractivity contribution is 0.673. The largest absolute Gasteiger partial charge is 0.327 e. The number of aryl methyl sites for hydroxylation is 1. The Morgan fingerprint density at radius 2 is 2.38 bits per heavy atom. The first kappa shape index (κ1) is 11.6. The average molecular weight is 254 g/mol. The number of nitrogens with zero attached hydrogens (tertiary/aromatic N) is 3. The van der Waals surface area contributed by atoms with Gasteiger partial charge in [-0.05, 0) is 18.4 Å². The molecule has 0 aliphatic carbocycles. The minimum Gasteiger partial charge on any atom is -0.327 e. The summed E-state index contributed by atoms with van der Waals surface area (Å²) in [7, 11) is 1.89. The van der Waals surface area contributed by atoms with Crippen LogP contribution in [0.15, 0.2) is 29.0 Å². The summed E-state index contributed by atoms with van der Waals surface area (Å²) in [4.78, 5) is 5.49. The minimum atomic E-state index is 0.0837. The standard InChI is InChI=1S/C10H14N4S2/c1-7(11)9(8-4-3-5-15-8)16-10-12-6-13-14(10)2/h3-7,9H,11H2,1-2H3. The molecule has 2 N–H and O–H groups in total.